The molecular weight excluding hydrogens is 467 g/mol. The van der Waals surface area contributed by atoms with Crippen molar-refractivity contribution in [2.75, 3.05) is 37.7 Å². The van der Waals surface area contributed by atoms with E-state index in [1.807, 2.05) is 25.1 Å². The fourth-order valence-corrected chi connectivity index (χ4v) is 3.12. The Morgan fingerprint density at radius 3 is 2.20 bits per heavy atom. The number of hydrogen-bond acceptors (Lipinski definition) is 3. The van der Waals surface area contributed by atoms with E-state index in [4.69, 9.17) is 16.3 Å². The van der Waals surface area contributed by atoms with Crippen molar-refractivity contribution in [3.05, 3.63) is 59.1 Å². The molecular formula is C19H25Br2ClN2O. The van der Waals surface area contributed by atoms with Crippen LogP contribution < -0.4 is 9.64 Å². The maximum Gasteiger partial charge on any atom is 0.142 e. The van der Waals surface area contributed by atoms with E-state index in [9.17, 15) is 0 Å². The standard InChI is InChI=1S/C19H23ClN2O.2BrH/c1-2-23-19-6-4-3-5-18(19)22-13-11-21(12-14-22)15-16-7-9-17(20)10-8-16;;/h3-10H,2,11-15H2,1H3;2*1H. The summed E-state index contributed by atoms with van der Waals surface area (Å²) in [6.07, 6.45) is 0. The van der Waals surface area contributed by atoms with E-state index in [1.54, 1.807) is 0 Å². The first-order chi connectivity index (χ1) is 11.3. The van der Waals surface area contributed by atoms with Crippen molar-refractivity contribution in [3.8, 4) is 5.75 Å². The van der Waals surface area contributed by atoms with Gasteiger partial charge in [-0.2, -0.15) is 0 Å². The summed E-state index contributed by atoms with van der Waals surface area (Å²) in [7, 11) is 0. The van der Waals surface area contributed by atoms with Crippen molar-refractivity contribution in [2.45, 2.75) is 13.5 Å². The van der Waals surface area contributed by atoms with Gasteiger partial charge in [0, 0.05) is 37.7 Å². The number of anilines is 1. The Kier molecular flexibility index (Phi) is 9.87. The van der Waals surface area contributed by atoms with Crippen molar-refractivity contribution in [3.63, 3.8) is 0 Å². The van der Waals surface area contributed by atoms with Crippen molar-refractivity contribution in [2.24, 2.45) is 0 Å². The van der Waals surface area contributed by atoms with E-state index in [-0.39, 0.29) is 34.0 Å². The van der Waals surface area contributed by atoms with Gasteiger partial charge in [0.1, 0.15) is 5.75 Å². The summed E-state index contributed by atoms with van der Waals surface area (Å²) in [4.78, 5) is 4.91. The fraction of sp³-hybridized carbons (Fsp3) is 0.368. The summed E-state index contributed by atoms with van der Waals surface area (Å²) >= 11 is 5.95. The largest absolute Gasteiger partial charge is 0.492 e. The van der Waals surface area contributed by atoms with Crippen LogP contribution in [0.25, 0.3) is 0 Å². The molecule has 25 heavy (non-hydrogen) atoms. The molecule has 0 unspecified atom stereocenters. The molecule has 2 aromatic carbocycles. The molecule has 0 saturated carbocycles. The molecule has 1 fully saturated rings. The minimum Gasteiger partial charge on any atom is -0.492 e. The van der Waals surface area contributed by atoms with E-state index in [0.717, 1.165) is 43.5 Å². The van der Waals surface area contributed by atoms with Crippen LogP contribution in [0.3, 0.4) is 0 Å². The molecule has 0 atom stereocenters. The summed E-state index contributed by atoms with van der Waals surface area (Å²) in [5.41, 5.74) is 2.53. The highest BCUT2D eigenvalue weighted by atomic mass is 79.9. The van der Waals surface area contributed by atoms with Gasteiger partial charge < -0.3 is 9.64 Å². The van der Waals surface area contributed by atoms with Gasteiger partial charge in [-0.25, -0.2) is 0 Å². The first-order valence-electron chi connectivity index (χ1n) is 8.20. The Morgan fingerprint density at radius 2 is 1.56 bits per heavy atom. The molecule has 1 heterocycles. The normalized spacial score (nSPS) is 14.4. The molecule has 1 aliphatic heterocycles. The van der Waals surface area contributed by atoms with Crippen molar-refractivity contribution >= 4 is 51.3 Å². The second kappa shape index (κ2) is 11.1. The van der Waals surface area contributed by atoms with Gasteiger partial charge in [0.25, 0.3) is 0 Å². The number of rotatable bonds is 5. The Hall–Kier alpha value is -0.750. The fourth-order valence-electron chi connectivity index (χ4n) is 2.99. The molecule has 0 radical (unpaired) electrons. The molecule has 0 N–H and O–H groups in total. The zero-order chi connectivity index (χ0) is 16.1. The topological polar surface area (TPSA) is 15.7 Å². The van der Waals surface area contributed by atoms with Gasteiger partial charge in [-0.1, -0.05) is 35.9 Å². The Bertz CT molecular complexity index is 632. The number of hydrogen-bond donors (Lipinski definition) is 0. The number of benzene rings is 2. The van der Waals surface area contributed by atoms with Crippen molar-refractivity contribution < 1.29 is 4.74 Å². The second-order valence-electron chi connectivity index (χ2n) is 5.79. The molecule has 6 heteroatoms. The van der Waals surface area contributed by atoms with Crippen LogP contribution in [0.4, 0.5) is 5.69 Å². The molecule has 3 rings (SSSR count). The van der Waals surface area contributed by atoms with Crippen LogP contribution in [0.2, 0.25) is 5.02 Å². The molecule has 1 saturated heterocycles. The number of para-hydroxylation sites is 2. The quantitative estimate of drug-likeness (QED) is 0.569. The second-order valence-corrected chi connectivity index (χ2v) is 6.23. The van der Waals surface area contributed by atoms with Crippen LogP contribution in [0.5, 0.6) is 5.75 Å². The number of nitrogens with zero attached hydrogens (tertiary/aromatic N) is 2. The molecule has 1 aliphatic rings. The molecule has 3 nitrogen and oxygen atoms in total. The van der Waals surface area contributed by atoms with E-state index < -0.39 is 0 Å². The molecule has 138 valence electrons. The first-order valence-corrected chi connectivity index (χ1v) is 8.57. The lowest BCUT2D eigenvalue weighted by Crippen LogP contribution is -2.46. The Balaban J connectivity index is 0.00000156. The minimum atomic E-state index is 0. The molecule has 0 bridgehead atoms. The third kappa shape index (κ3) is 6.17. The maximum absolute atomic E-state index is 5.95. The summed E-state index contributed by atoms with van der Waals surface area (Å²) < 4.78 is 5.76. The van der Waals surface area contributed by atoms with Gasteiger partial charge in [0.2, 0.25) is 0 Å². The molecule has 0 spiro atoms. The zero-order valence-corrected chi connectivity index (χ0v) is 18.5. The van der Waals surface area contributed by atoms with Crippen molar-refractivity contribution in [1.82, 2.24) is 4.90 Å². The molecule has 2 aromatic rings. The van der Waals surface area contributed by atoms with Crippen LogP contribution >= 0.6 is 45.6 Å². The van der Waals surface area contributed by atoms with Gasteiger partial charge in [-0.15, -0.1) is 34.0 Å². The SMILES string of the molecule is Br.Br.CCOc1ccccc1N1CCN(Cc2ccc(Cl)cc2)CC1. The van der Waals surface area contributed by atoms with Crippen molar-refractivity contribution in [1.29, 1.82) is 0 Å². The zero-order valence-electron chi connectivity index (χ0n) is 14.4. The summed E-state index contributed by atoms with van der Waals surface area (Å²) in [6, 6.07) is 16.5. The number of ether oxygens (including phenoxy) is 1. The predicted molar refractivity (Wildman–Crippen MR) is 117 cm³/mol. The van der Waals surface area contributed by atoms with Gasteiger partial charge in [-0.3, -0.25) is 4.90 Å². The van der Waals surface area contributed by atoms with E-state index in [2.05, 4.69) is 40.1 Å². The lowest BCUT2D eigenvalue weighted by atomic mass is 10.2. The van der Waals surface area contributed by atoms with Crippen LogP contribution in [0.1, 0.15) is 12.5 Å². The third-order valence-corrected chi connectivity index (χ3v) is 4.45. The molecule has 0 aromatic heterocycles. The minimum absolute atomic E-state index is 0. The third-order valence-electron chi connectivity index (χ3n) is 4.20. The molecule has 0 amide bonds. The average Bonchev–Trinajstić information content (AvgIpc) is 2.59. The number of piperazine rings is 1. The maximum atomic E-state index is 5.95. The lowest BCUT2D eigenvalue weighted by Gasteiger charge is -2.36. The highest BCUT2D eigenvalue weighted by Gasteiger charge is 2.19. The monoisotopic (exact) mass is 490 g/mol. The van der Waals surface area contributed by atoms with Crippen LogP contribution in [-0.4, -0.2) is 37.7 Å². The Morgan fingerprint density at radius 1 is 0.920 bits per heavy atom. The van der Waals surface area contributed by atoms with Gasteiger partial charge >= 0.3 is 0 Å². The van der Waals surface area contributed by atoms with E-state index in [1.165, 1.54) is 11.3 Å². The summed E-state index contributed by atoms with van der Waals surface area (Å²) in [6.45, 7) is 7.88. The van der Waals surface area contributed by atoms with Crippen LogP contribution in [-0.2, 0) is 6.54 Å². The van der Waals surface area contributed by atoms with E-state index >= 15 is 0 Å². The Labute approximate surface area is 176 Å². The van der Waals surface area contributed by atoms with Crippen LogP contribution in [0, 0.1) is 0 Å². The lowest BCUT2D eigenvalue weighted by molar-refractivity contribution is 0.248. The summed E-state index contributed by atoms with van der Waals surface area (Å²) in [5, 5.41) is 0.797. The number of halogens is 3. The van der Waals surface area contributed by atoms with Gasteiger partial charge in [-0.05, 0) is 36.8 Å². The van der Waals surface area contributed by atoms with Gasteiger partial charge in [0.15, 0.2) is 0 Å². The first kappa shape index (κ1) is 22.3. The van der Waals surface area contributed by atoms with E-state index in [0.29, 0.717) is 6.61 Å². The molecule has 0 aliphatic carbocycles. The van der Waals surface area contributed by atoms with Gasteiger partial charge in [0.05, 0.1) is 12.3 Å². The predicted octanol–water partition coefficient (Wildman–Crippen LogP) is 5.22. The summed E-state index contributed by atoms with van der Waals surface area (Å²) in [5.74, 6) is 0.987. The smallest absolute Gasteiger partial charge is 0.142 e. The van der Waals surface area contributed by atoms with Crippen LogP contribution in [0.15, 0.2) is 48.5 Å². The highest BCUT2D eigenvalue weighted by molar-refractivity contribution is 8.93. The highest BCUT2D eigenvalue weighted by Crippen LogP contribution is 2.29. The average molecular weight is 493 g/mol.